The van der Waals surface area contributed by atoms with Crippen LogP contribution in [0.25, 0.3) is 22.2 Å². The molecule has 14 heteroatoms. The minimum atomic E-state index is -4.65. The van der Waals surface area contributed by atoms with Gasteiger partial charge in [0.05, 0.1) is 29.8 Å². The molecule has 0 bridgehead atoms. The van der Waals surface area contributed by atoms with E-state index in [4.69, 9.17) is 20.3 Å². The second kappa shape index (κ2) is 13.9. The summed E-state index contributed by atoms with van der Waals surface area (Å²) in [5.41, 5.74) is 7.20. The van der Waals surface area contributed by atoms with Crippen LogP contribution >= 0.6 is 0 Å². The van der Waals surface area contributed by atoms with E-state index in [1.807, 2.05) is 18.6 Å². The van der Waals surface area contributed by atoms with Gasteiger partial charge in [-0.3, -0.25) is 9.40 Å². The zero-order valence-corrected chi connectivity index (χ0v) is 27.1. The summed E-state index contributed by atoms with van der Waals surface area (Å²) in [4.78, 5) is 3.67. The second-order valence-electron chi connectivity index (χ2n) is 11.6. The molecule has 2 heterocycles. The summed E-state index contributed by atoms with van der Waals surface area (Å²) < 4.78 is 86.0. The molecule has 4 N–H and O–H groups in total. The molecule has 0 radical (unpaired) electrons. The van der Waals surface area contributed by atoms with Crippen molar-refractivity contribution in [3.05, 3.63) is 59.5 Å². The third-order valence-electron chi connectivity index (χ3n) is 8.24. The maximum absolute atomic E-state index is 15.8. The standard InChI is InChI=1S/C32H39F3N6O4S/c1-5-45-21-10-11-24(33)28(14-21)46(42,43)40-27-16-25(34)22(15-26(27)35)30-29-31(41(39-30)18(2)3)23(17-38-32(29)36)19-6-8-20(9-7-19)37-12-13-44-4/h10-11,14-20,37,40H,5-9,12-13H2,1-4H3,(H2,36,38). The average Bonchev–Trinajstić information content (AvgIpc) is 3.42. The Kier molecular flexibility index (Phi) is 10.1. The lowest BCUT2D eigenvalue weighted by molar-refractivity contribution is 0.191. The van der Waals surface area contributed by atoms with Crippen LogP contribution in [0.15, 0.2) is 41.4 Å². The van der Waals surface area contributed by atoms with Crippen LogP contribution in [-0.4, -0.2) is 56.1 Å². The Labute approximate surface area is 266 Å². The molecule has 0 amide bonds. The number of nitrogens with zero attached hydrogens (tertiary/aromatic N) is 3. The fourth-order valence-corrected chi connectivity index (χ4v) is 7.16. The normalized spacial score (nSPS) is 17.1. The highest BCUT2D eigenvalue weighted by Crippen LogP contribution is 2.42. The average molecular weight is 661 g/mol. The predicted molar refractivity (Wildman–Crippen MR) is 171 cm³/mol. The quantitative estimate of drug-likeness (QED) is 0.154. The van der Waals surface area contributed by atoms with E-state index in [9.17, 15) is 12.8 Å². The highest BCUT2D eigenvalue weighted by Gasteiger charge is 2.30. The van der Waals surface area contributed by atoms with Crippen molar-refractivity contribution in [2.45, 2.75) is 69.4 Å². The van der Waals surface area contributed by atoms with Crippen LogP contribution in [-0.2, 0) is 14.8 Å². The highest BCUT2D eigenvalue weighted by molar-refractivity contribution is 7.92. The van der Waals surface area contributed by atoms with E-state index in [2.05, 4.69) is 10.3 Å². The number of hydrogen-bond donors (Lipinski definition) is 3. The van der Waals surface area contributed by atoms with E-state index in [0.29, 0.717) is 29.6 Å². The number of halogens is 3. The van der Waals surface area contributed by atoms with E-state index in [-0.39, 0.29) is 41.4 Å². The Morgan fingerprint density at radius 1 is 1.07 bits per heavy atom. The number of methoxy groups -OCH3 is 1. The predicted octanol–water partition coefficient (Wildman–Crippen LogP) is 6.14. The molecule has 4 aromatic rings. The first-order valence-corrected chi connectivity index (χ1v) is 16.8. The molecule has 1 aliphatic carbocycles. The van der Waals surface area contributed by atoms with Crippen LogP contribution in [0.1, 0.15) is 64.0 Å². The number of fused-ring (bicyclic) bond motifs is 1. The van der Waals surface area contributed by atoms with E-state index >= 15 is 8.78 Å². The maximum atomic E-state index is 15.8. The Bertz CT molecular complexity index is 1820. The van der Waals surface area contributed by atoms with Gasteiger partial charge in [0.2, 0.25) is 0 Å². The number of anilines is 2. The SMILES string of the molecule is CCOc1ccc(F)c(S(=O)(=O)Nc2cc(F)c(-c3nn(C(C)C)c4c(C5CCC(NCCOC)CC5)cnc(N)c34)cc2F)c1. The molecule has 0 unspecified atom stereocenters. The molecule has 1 saturated carbocycles. The molecule has 2 aromatic heterocycles. The van der Waals surface area contributed by atoms with Gasteiger partial charge in [-0.2, -0.15) is 5.10 Å². The van der Waals surface area contributed by atoms with Gasteiger partial charge in [0, 0.05) is 49.6 Å². The first-order chi connectivity index (χ1) is 21.9. The van der Waals surface area contributed by atoms with Crippen LogP contribution in [0.3, 0.4) is 0 Å². The number of nitrogens with two attached hydrogens (primary N) is 1. The molecule has 2 aromatic carbocycles. The monoisotopic (exact) mass is 660 g/mol. The molecule has 46 heavy (non-hydrogen) atoms. The van der Waals surface area contributed by atoms with Gasteiger partial charge in [-0.25, -0.2) is 26.6 Å². The van der Waals surface area contributed by atoms with Crippen LogP contribution in [0.5, 0.6) is 5.75 Å². The number of aromatic nitrogens is 3. The number of rotatable bonds is 12. The summed E-state index contributed by atoms with van der Waals surface area (Å²) in [6.07, 6.45) is 5.46. The van der Waals surface area contributed by atoms with E-state index in [0.717, 1.165) is 56.0 Å². The zero-order valence-electron chi connectivity index (χ0n) is 26.2. The Balaban J connectivity index is 1.51. The Hall–Kier alpha value is -3.88. The molecular weight excluding hydrogens is 621 g/mol. The third-order valence-corrected chi connectivity index (χ3v) is 9.62. The zero-order chi connectivity index (χ0) is 33.2. The van der Waals surface area contributed by atoms with Crippen LogP contribution in [0, 0.1) is 17.5 Å². The van der Waals surface area contributed by atoms with E-state index < -0.39 is 38.1 Å². The highest BCUT2D eigenvalue weighted by atomic mass is 32.2. The summed E-state index contributed by atoms with van der Waals surface area (Å²) in [6.45, 7) is 7.19. The summed E-state index contributed by atoms with van der Waals surface area (Å²) >= 11 is 0. The Morgan fingerprint density at radius 3 is 2.48 bits per heavy atom. The molecular formula is C32H39F3N6O4S. The summed E-state index contributed by atoms with van der Waals surface area (Å²) in [5.74, 6) is -2.73. The van der Waals surface area contributed by atoms with Gasteiger partial charge in [0.1, 0.15) is 39.6 Å². The number of nitrogen functional groups attached to an aromatic ring is 1. The first-order valence-electron chi connectivity index (χ1n) is 15.3. The summed E-state index contributed by atoms with van der Waals surface area (Å²) in [6, 6.07) is 4.97. The molecule has 0 spiro atoms. The second-order valence-corrected chi connectivity index (χ2v) is 13.3. The summed E-state index contributed by atoms with van der Waals surface area (Å²) in [5, 5.41) is 8.61. The van der Waals surface area contributed by atoms with Crippen molar-refractivity contribution in [2.24, 2.45) is 0 Å². The smallest absolute Gasteiger partial charge is 0.265 e. The first kappa shape index (κ1) is 33.5. The number of benzene rings is 2. The largest absolute Gasteiger partial charge is 0.494 e. The number of sulfonamides is 1. The molecule has 1 fully saturated rings. The lowest BCUT2D eigenvalue weighted by Crippen LogP contribution is -2.34. The number of hydrogen-bond acceptors (Lipinski definition) is 8. The topological polar surface area (TPSA) is 133 Å². The number of ether oxygens (including phenoxy) is 2. The lowest BCUT2D eigenvalue weighted by Gasteiger charge is -2.30. The van der Waals surface area contributed by atoms with E-state index in [1.165, 1.54) is 6.07 Å². The van der Waals surface area contributed by atoms with Crippen LogP contribution in [0.2, 0.25) is 0 Å². The van der Waals surface area contributed by atoms with Crippen molar-refractivity contribution >= 4 is 32.4 Å². The van der Waals surface area contributed by atoms with Crippen molar-refractivity contribution in [1.29, 1.82) is 0 Å². The Morgan fingerprint density at radius 2 is 1.80 bits per heavy atom. The van der Waals surface area contributed by atoms with Gasteiger partial charge in [0.25, 0.3) is 10.0 Å². The van der Waals surface area contributed by atoms with Crippen molar-refractivity contribution in [1.82, 2.24) is 20.1 Å². The number of pyridine rings is 1. The van der Waals surface area contributed by atoms with Crippen LogP contribution < -0.4 is 20.5 Å². The fraction of sp³-hybridized carbons (Fsp3) is 0.438. The van der Waals surface area contributed by atoms with Gasteiger partial charge < -0.3 is 20.5 Å². The lowest BCUT2D eigenvalue weighted by atomic mass is 9.81. The molecule has 10 nitrogen and oxygen atoms in total. The molecule has 0 aliphatic heterocycles. The maximum Gasteiger partial charge on any atom is 0.265 e. The minimum absolute atomic E-state index is 0.0896. The molecule has 0 saturated heterocycles. The van der Waals surface area contributed by atoms with Gasteiger partial charge in [-0.15, -0.1) is 0 Å². The third kappa shape index (κ3) is 6.79. The molecule has 0 atom stereocenters. The van der Waals surface area contributed by atoms with E-state index in [1.54, 1.807) is 24.9 Å². The van der Waals surface area contributed by atoms with Crippen molar-refractivity contribution in [3.8, 4) is 17.0 Å². The number of nitrogens with one attached hydrogen (secondary N) is 2. The van der Waals surface area contributed by atoms with Crippen LogP contribution in [0.4, 0.5) is 24.7 Å². The molecule has 5 rings (SSSR count). The van der Waals surface area contributed by atoms with Gasteiger partial charge in [-0.05, 0) is 76.1 Å². The van der Waals surface area contributed by atoms with Crippen molar-refractivity contribution in [3.63, 3.8) is 0 Å². The molecule has 248 valence electrons. The minimum Gasteiger partial charge on any atom is -0.494 e. The van der Waals surface area contributed by atoms with Crippen molar-refractivity contribution in [2.75, 3.05) is 37.3 Å². The van der Waals surface area contributed by atoms with Crippen molar-refractivity contribution < 1.29 is 31.1 Å². The van der Waals surface area contributed by atoms with Gasteiger partial charge >= 0.3 is 0 Å². The van der Waals surface area contributed by atoms with Gasteiger partial charge in [-0.1, -0.05) is 0 Å². The van der Waals surface area contributed by atoms with Gasteiger partial charge in [0.15, 0.2) is 0 Å². The summed E-state index contributed by atoms with van der Waals surface area (Å²) in [7, 11) is -2.98. The molecule has 1 aliphatic rings. The fourth-order valence-electron chi connectivity index (χ4n) is 6.01.